The molecule has 0 atom stereocenters. The summed E-state index contributed by atoms with van der Waals surface area (Å²) in [6, 6.07) is 5.94. The van der Waals surface area contributed by atoms with Crippen molar-refractivity contribution in [2.75, 3.05) is 12.3 Å². The van der Waals surface area contributed by atoms with Crippen molar-refractivity contribution in [3.8, 4) is 0 Å². The highest BCUT2D eigenvalue weighted by Gasteiger charge is 2.39. The van der Waals surface area contributed by atoms with Gasteiger partial charge in [-0.15, -0.1) is 4.40 Å². The van der Waals surface area contributed by atoms with Crippen LogP contribution in [-0.4, -0.2) is 38.4 Å². The number of nitrogens with two attached hydrogens (primary N) is 1. The molecule has 1 aliphatic carbocycles. The number of hydrazone groups is 1. The predicted molar refractivity (Wildman–Crippen MR) is 95.7 cm³/mol. The minimum Gasteiger partial charge on any atom is -0.399 e. The zero-order chi connectivity index (χ0) is 17.2. The fourth-order valence-corrected chi connectivity index (χ4v) is 4.06. The molecule has 2 aliphatic rings. The highest BCUT2D eigenvalue weighted by Crippen LogP contribution is 2.40. The maximum atomic E-state index is 12.5. The summed E-state index contributed by atoms with van der Waals surface area (Å²) in [5, 5.41) is 5.94. The lowest BCUT2D eigenvalue weighted by molar-refractivity contribution is 0.345. The Bertz CT molecular complexity index is 790. The van der Waals surface area contributed by atoms with Crippen molar-refractivity contribution < 1.29 is 8.42 Å². The Morgan fingerprint density at radius 3 is 2.58 bits per heavy atom. The highest BCUT2D eigenvalue weighted by atomic mass is 32.2. The molecular weight excluding hydrogens is 326 g/mol. The summed E-state index contributed by atoms with van der Waals surface area (Å²) in [6.07, 6.45) is 7.94. The van der Waals surface area contributed by atoms with E-state index in [2.05, 4.69) is 14.5 Å². The molecular formula is C16H21N5O2S. The van der Waals surface area contributed by atoms with Gasteiger partial charge in [0.05, 0.1) is 11.4 Å². The maximum absolute atomic E-state index is 12.5. The Hall–Kier alpha value is -2.22. The molecule has 8 heteroatoms. The van der Waals surface area contributed by atoms with Gasteiger partial charge in [-0.05, 0) is 44.0 Å². The second-order valence-electron chi connectivity index (χ2n) is 6.19. The Kier molecular flexibility index (Phi) is 4.40. The molecule has 0 bridgehead atoms. The van der Waals surface area contributed by atoms with E-state index in [1.165, 1.54) is 43.3 Å². The van der Waals surface area contributed by atoms with Crippen molar-refractivity contribution in [1.29, 1.82) is 0 Å². The molecule has 1 heterocycles. The number of nitrogen functional groups attached to an aromatic ring is 1. The first-order valence-electron chi connectivity index (χ1n) is 7.96. The number of hydrogen-bond acceptors (Lipinski definition) is 4. The van der Waals surface area contributed by atoms with E-state index >= 15 is 0 Å². The number of nitrogens with zero attached hydrogens (tertiary/aromatic N) is 4. The van der Waals surface area contributed by atoms with E-state index in [0.29, 0.717) is 12.2 Å². The number of benzene rings is 1. The van der Waals surface area contributed by atoms with Crippen LogP contribution in [0, 0.1) is 5.41 Å². The van der Waals surface area contributed by atoms with Gasteiger partial charge in [-0.3, -0.25) is 0 Å². The van der Waals surface area contributed by atoms with Gasteiger partial charge in [-0.2, -0.15) is 13.5 Å². The predicted octanol–water partition coefficient (Wildman–Crippen LogP) is 2.27. The van der Waals surface area contributed by atoms with Crippen LogP contribution in [-0.2, 0) is 10.0 Å². The molecule has 7 nitrogen and oxygen atoms in total. The van der Waals surface area contributed by atoms with E-state index in [4.69, 9.17) is 5.73 Å². The molecule has 0 unspecified atom stereocenters. The Balaban J connectivity index is 1.89. The standard InChI is InChI=1S/C16H21N5O2S/c1-2-18-15(21-12-16(11-19-21)9-3-4-10-16)20-24(22,23)14-7-5-13(17)6-8-14/h2,5-8,11H,3-4,9-10,12,17H2,1H3. The van der Waals surface area contributed by atoms with E-state index in [1.54, 1.807) is 11.9 Å². The molecule has 1 spiro atoms. The minimum atomic E-state index is -3.87. The molecule has 1 saturated carbocycles. The van der Waals surface area contributed by atoms with Gasteiger partial charge < -0.3 is 5.73 Å². The second-order valence-corrected chi connectivity index (χ2v) is 7.80. The van der Waals surface area contributed by atoms with Crippen LogP contribution >= 0.6 is 0 Å². The smallest absolute Gasteiger partial charge is 0.285 e. The molecule has 0 amide bonds. The molecule has 1 aromatic carbocycles. The zero-order valence-electron chi connectivity index (χ0n) is 13.6. The molecule has 0 aromatic heterocycles. The van der Waals surface area contributed by atoms with Crippen LogP contribution in [0.5, 0.6) is 0 Å². The van der Waals surface area contributed by atoms with Gasteiger partial charge in [0.15, 0.2) is 0 Å². The Morgan fingerprint density at radius 1 is 1.29 bits per heavy atom. The van der Waals surface area contributed by atoms with Gasteiger partial charge in [0, 0.05) is 23.5 Å². The van der Waals surface area contributed by atoms with Crippen LogP contribution < -0.4 is 5.73 Å². The normalized spacial score (nSPS) is 20.5. The molecule has 3 rings (SSSR count). The molecule has 1 fully saturated rings. The highest BCUT2D eigenvalue weighted by molar-refractivity contribution is 7.90. The lowest BCUT2D eigenvalue weighted by Gasteiger charge is -2.21. The molecule has 128 valence electrons. The van der Waals surface area contributed by atoms with Crippen molar-refractivity contribution in [3.63, 3.8) is 0 Å². The minimum absolute atomic E-state index is 0.0367. The first-order valence-corrected chi connectivity index (χ1v) is 9.40. The van der Waals surface area contributed by atoms with Gasteiger partial charge in [0.2, 0.25) is 0 Å². The van der Waals surface area contributed by atoms with Gasteiger partial charge in [0.25, 0.3) is 16.0 Å². The van der Waals surface area contributed by atoms with E-state index in [-0.39, 0.29) is 16.3 Å². The van der Waals surface area contributed by atoms with Crippen LogP contribution in [0.2, 0.25) is 0 Å². The quantitative estimate of drug-likeness (QED) is 0.504. The number of sulfonamides is 1. The van der Waals surface area contributed by atoms with Crippen molar-refractivity contribution >= 4 is 34.1 Å². The van der Waals surface area contributed by atoms with Gasteiger partial charge in [0.1, 0.15) is 0 Å². The monoisotopic (exact) mass is 347 g/mol. The molecule has 1 aliphatic heterocycles. The van der Waals surface area contributed by atoms with E-state index in [1.807, 2.05) is 6.21 Å². The van der Waals surface area contributed by atoms with Crippen LogP contribution in [0.15, 0.2) is 43.7 Å². The molecule has 2 N–H and O–H groups in total. The van der Waals surface area contributed by atoms with Crippen LogP contribution in [0.4, 0.5) is 5.69 Å². The summed E-state index contributed by atoms with van der Waals surface area (Å²) in [7, 11) is -3.87. The van der Waals surface area contributed by atoms with E-state index in [9.17, 15) is 8.42 Å². The molecule has 0 radical (unpaired) electrons. The third kappa shape index (κ3) is 3.33. The van der Waals surface area contributed by atoms with Crippen LogP contribution in [0.3, 0.4) is 0 Å². The fraction of sp³-hybridized carbons (Fsp3) is 0.438. The van der Waals surface area contributed by atoms with Crippen molar-refractivity contribution in [1.82, 2.24) is 5.01 Å². The summed E-state index contributed by atoms with van der Waals surface area (Å²) in [5.41, 5.74) is 6.14. The number of rotatable bonds is 2. The Labute approximate surface area is 142 Å². The van der Waals surface area contributed by atoms with Crippen molar-refractivity contribution in [3.05, 3.63) is 24.3 Å². The first kappa shape index (κ1) is 16.6. The molecule has 0 saturated heterocycles. The van der Waals surface area contributed by atoms with Gasteiger partial charge in [-0.25, -0.2) is 10.0 Å². The summed E-state index contributed by atoms with van der Waals surface area (Å²) >= 11 is 0. The largest absolute Gasteiger partial charge is 0.399 e. The average Bonchev–Trinajstić information content (AvgIpc) is 3.18. The first-order chi connectivity index (χ1) is 11.4. The third-order valence-electron chi connectivity index (χ3n) is 4.39. The zero-order valence-corrected chi connectivity index (χ0v) is 14.4. The summed E-state index contributed by atoms with van der Waals surface area (Å²) in [4.78, 5) is 4.20. The molecule has 1 aromatic rings. The van der Waals surface area contributed by atoms with Crippen LogP contribution in [0.1, 0.15) is 32.6 Å². The maximum Gasteiger partial charge on any atom is 0.285 e. The number of aliphatic imine (C=N–C) groups is 1. The summed E-state index contributed by atoms with van der Waals surface area (Å²) in [6.45, 7) is 2.34. The van der Waals surface area contributed by atoms with Gasteiger partial charge >= 0.3 is 0 Å². The number of hydrogen-bond donors (Lipinski definition) is 1. The van der Waals surface area contributed by atoms with Crippen LogP contribution in [0.25, 0.3) is 0 Å². The van der Waals surface area contributed by atoms with Crippen molar-refractivity contribution in [2.45, 2.75) is 37.5 Å². The lowest BCUT2D eigenvalue weighted by Crippen LogP contribution is -2.31. The molecule has 24 heavy (non-hydrogen) atoms. The Morgan fingerprint density at radius 2 is 1.96 bits per heavy atom. The third-order valence-corrected chi connectivity index (χ3v) is 5.66. The second kappa shape index (κ2) is 6.35. The fourth-order valence-electron chi connectivity index (χ4n) is 3.11. The van der Waals surface area contributed by atoms with Gasteiger partial charge in [-0.1, -0.05) is 12.8 Å². The number of guanidine groups is 1. The topological polar surface area (TPSA) is 100 Å². The summed E-state index contributed by atoms with van der Waals surface area (Å²) < 4.78 is 28.9. The lowest BCUT2D eigenvalue weighted by atomic mass is 9.88. The summed E-state index contributed by atoms with van der Waals surface area (Å²) in [5.74, 6) is 0.0920. The SMILES string of the molecule is CC=NC(=NS(=O)(=O)c1ccc(N)cc1)N1CC2(C=N1)CCCC2. The van der Waals surface area contributed by atoms with E-state index < -0.39 is 10.0 Å². The van der Waals surface area contributed by atoms with E-state index in [0.717, 1.165) is 12.8 Å². The van der Waals surface area contributed by atoms with Crippen molar-refractivity contribution in [2.24, 2.45) is 19.9 Å². The average molecular weight is 347 g/mol. The number of anilines is 1.